The van der Waals surface area contributed by atoms with Crippen molar-refractivity contribution >= 4 is 30.6 Å². The minimum atomic E-state index is -2.94. The Kier molecular flexibility index (Phi) is 1.39. The molecule has 0 aromatic carbocycles. The normalized spacial score (nSPS) is 18.5. The Balaban J connectivity index is 3.47. The molecule has 0 aromatic rings. The van der Waals surface area contributed by atoms with Crippen LogP contribution in [0.1, 0.15) is 0 Å². The van der Waals surface area contributed by atoms with Crippen LogP contribution in [0.4, 0.5) is 0 Å². The van der Waals surface area contributed by atoms with Gasteiger partial charge in [-0.05, 0) is 0 Å². The van der Waals surface area contributed by atoms with Crippen LogP contribution < -0.4 is 0 Å². The van der Waals surface area contributed by atoms with Crippen molar-refractivity contribution in [3.8, 4) is 0 Å². The van der Waals surface area contributed by atoms with E-state index >= 15 is 0 Å². The topological polar surface area (TPSA) is 17.1 Å². The molecule has 1 nitrogen and oxygen atoms in total. The summed E-state index contributed by atoms with van der Waals surface area (Å²) in [5, 5.41) is 0. The third-order valence-electron chi connectivity index (χ3n) is 0. The van der Waals surface area contributed by atoms with Crippen molar-refractivity contribution in [2.24, 2.45) is 0 Å². The van der Waals surface area contributed by atoms with Gasteiger partial charge in [0.1, 0.15) is 0 Å². The second-order valence-electron chi connectivity index (χ2n) is 0.687. The first-order chi connectivity index (χ1) is 2.00. The molecule has 0 atom stereocenters. The molecule has 0 saturated heterocycles. The van der Waals surface area contributed by atoms with Gasteiger partial charge in [0.25, 0.3) is 0 Å². The van der Waals surface area contributed by atoms with Crippen molar-refractivity contribution in [1.82, 2.24) is 0 Å². The van der Waals surface area contributed by atoms with E-state index in [4.69, 9.17) is 0.594 Å². The summed E-state index contributed by atoms with van der Waals surface area (Å²) in [4.78, 5) is 0. The summed E-state index contributed by atoms with van der Waals surface area (Å²) in [5.74, 6) is 0. The van der Waals surface area contributed by atoms with Gasteiger partial charge >= 0.3 is 34.2 Å². The van der Waals surface area contributed by atoms with E-state index in [1.54, 1.807) is 0 Å². The summed E-state index contributed by atoms with van der Waals surface area (Å²) in [6.07, 6.45) is 0. The maximum atomic E-state index is 9.95. The third-order valence-corrected chi connectivity index (χ3v) is 0. The van der Waals surface area contributed by atoms with Crippen LogP contribution in [-0.2, 0) is 3.07 Å². The van der Waals surface area contributed by atoms with E-state index in [-0.39, 0.29) is 0 Å². The van der Waals surface area contributed by atoms with E-state index in [2.05, 4.69) is 0 Å². The molecule has 0 spiro atoms. The molecule has 0 unspecified atom stereocenters. The molecule has 0 bridgehead atoms. The number of halogens is 1. The van der Waals surface area contributed by atoms with Crippen LogP contribution in [-0.4, -0.2) is 12.0 Å². The van der Waals surface area contributed by atoms with Crippen LogP contribution in [0.15, 0.2) is 0 Å². The Morgan fingerprint density at radius 2 is 2.00 bits per heavy atom. The molecule has 0 radical (unpaired) electrons. The van der Waals surface area contributed by atoms with E-state index in [9.17, 15) is 3.07 Å². The van der Waals surface area contributed by atoms with E-state index < -0.39 is 19.2 Å². The zero-order valence-electron chi connectivity index (χ0n) is 3.79. The van der Waals surface area contributed by atoms with Gasteiger partial charge in [0, 0.05) is 0 Å². The van der Waals surface area contributed by atoms with Crippen molar-refractivity contribution in [2.75, 3.05) is 0 Å². The summed E-state index contributed by atoms with van der Waals surface area (Å²) in [5.41, 5.74) is 2.96. The van der Waals surface area contributed by atoms with E-state index in [1.807, 2.05) is 0 Å². The molecular weight excluding hydrogens is 165 g/mol. The molecule has 0 rings (SSSR count). The fourth-order valence-electron chi connectivity index (χ4n) is 0. The first-order valence-electron chi connectivity index (χ1n) is 1.29. The van der Waals surface area contributed by atoms with Crippen LogP contribution in [0.3, 0.4) is 0 Å². The van der Waals surface area contributed by atoms with Gasteiger partial charge in [0.05, 0.1) is 0 Å². The second-order valence-corrected chi connectivity index (χ2v) is 4.61. The minimum absolute atomic E-state index is 1.48. The van der Waals surface area contributed by atoms with Gasteiger partial charge in [0.2, 0.25) is 0 Å². The average Bonchev–Trinajstić information content (AvgIpc) is 0.722. The zero-order chi connectivity index (χ0) is 4.50. The summed E-state index contributed by atoms with van der Waals surface area (Å²) in [7, 11) is 0. The molecule has 0 heterocycles. The summed E-state index contributed by atoms with van der Waals surface area (Å²) < 4.78 is 16.5. The van der Waals surface area contributed by atoms with Gasteiger partial charge in [-0.25, -0.2) is 0 Å². The Bertz CT molecular complexity index is 55.8. The van der Waals surface area contributed by atoms with Crippen molar-refractivity contribution < 1.29 is 3.07 Å². The standard InChI is InChI=1S/B2H5IO/c1-3(2)4/h3H,1-2H2/i3T. The van der Waals surface area contributed by atoms with Gasteiger partial charge in [-0.2, -0.15) is 0 Å². The fraction of sp³-hybridized carbons (Fsp3) is 0. The predicted octanol–water partition coefficient (Wildman–Crippen LogP) is -1.33. The molecule has 0 amide bonds. The van der Waals surface area contributed by atoms with Crippen molar-refractivity contribution in [3.63, 3.8) is 0 Å². The van der Waals surface area contributed by atoms with E-state index in [0.717, 1.165) is 0 Å². The molecule has 0 aliphatic heterocycles. The molecule has 0 fully saturated rings. The van der Waals surface area contributed by atoms with Crippen molar-refractivity contribution in [1.29, 1.82) is 0.594 Å². The first kappa shape index (κ1) is 2.87. The zero-order valence-corrected chi connectivity index (χ0v) is 4.94. The van der Waals surface area contributed by atoms with Gasteiger partial charge in [-0.1, -0.05) is 0 Å². The van der Waals surface area contributed by atoms with Crippen molar-refractivity contribution in [2.45, 2.75) is 0 Å². The molecule has 0 N–H and O–H groups in total. The van der Waals surface area contributed by atoms with Crippen LogP contribution in [0.5, 0.6) is 0 Å². The Hall–Kier alpha value is 0.660. The van der Waals surface area contributed by atoms with Gasteiger partial charge in [0.15, 0.2) is 0 Å². The molecule has 24 valence electrons. The third kappa shape index (κ3) is 16.8. The van der Waals surface area contributed by atoms with E-state index in [1.165, 1.54) is 11.4 Å². The van der Waals surface area contributed by atoms with E-state index in [0.29, 0.717) is 0 Å². The van der Waals surface area contributed by atoms with Gasteiger partial charge in [-0.3, -0.25) is 0 Å². The quantitative estimate of drug-likeness (QED) is 0.326. The maximum absolute atomic E-state index is 9.95. The first-order valence-corrected chi connectivity index (χ1v) is 6.11. The fourth-order valence-corrected chi connectivity index (χ4v) is 0. The summed E-state index contributed by atoms with van der Waals surface area (Å²) in [6, 6.07) is 0. The summed E-state index contributed by atoms with van der Waals surface area (Å²) in [6.45, 7) is 0. The Labute approximate surface area is 34.7 Å². The number of rotatable bonds is 0. The Morgan fingerprint density at radius 1 is 2.00 bits per heavy atom. The monoisotopic (exact) mass is 172 g/mol. The van der Waals surface area contributed by atoms with Crippen molar-refractivity contribution in [3.05, 3.63) is 0 Å². The van der Waals surface area contributed by atoms with Crippen LogP contribution in [0, 0.1) is 0 Å². The second kappa shape index (κ2) is 1.93. The molecule has 0 aliphatic rings. The van der Waals surface area contributed by atoms with Crippen LogP contribution >= 0.6 is 19.2 Å². The Morgan fingerprint density at radius 3 is 2.00 bits per heavy atom. The summed E-state index contributed by atoms with van der Waals surface area (Å²) >= 11 is -2.94. The molecular formula is H5B2IO. The van der Waals surface area contributed by atoms with Crippen LogP contribution in [0.25, 0.3) is 0 Å². The molecule has 4 heavy (non-hydrogen) atoms. The number of hydrogen-bond donors (Lipinski definition) is 0. The van der Waals surface area contributed by atoms with Gasteiger partial charge in [-0.15, -0.1) is 0 Å². The SMILES string of the molecule is [3H]I(B)(B)=O. The average molecular weight is 172 g/mol. The molecule has 4 heteroatoms. The predicted molar refractivity (Wildman–Crippen MR) is 33.2 cm³/mol. The molecule has 0 saturated carbocycles. The number of hydrogen-bond acceptors (Lipinski definition) is 1. The van der Waals surface area contributed by atoms with Gasteiger partial charge < -0.3 is 0 Å². The molecule has 0 aromatic heterocycles. The molecule has 0 aliphatic carbocycles. The van der Waals surface area contributed by atoms with Crippen LogP contribution in [0.2, 0.25) is 0 Å².